The first kappa shape index (κ1) is 24.5. The van der Waals surface area contributed by atoms with Gasteiger partial charge in [0.2, 0.25) is 0 Å². The van der Waals surface area contributed by atoms with Crippen LogP contribution in [0.3, 0.4) is 0 Å². The Morgan fingerprint density at radius 1 is 0.595 bits per heavy atom. The Balaban J connectivity index is 1.35. The quantitative estimate of drug-likeness (QED) is 0.211. The predicted octanol–water partition coefficient (Wildman–Crippen LogP) is 10.9. The van der Waals surface area contributed by atoms with Crippen LogP contribution in [-0.4, -0.2) is 9.13 Å². The van der Waals surface area contributed by atoms with E-state index in [1.807, 2.05) is 0 Å². The average Bonchev–Trinajstić information content (AvgIpc) is 3.61. The number of hydrogen-bond donors (Lipinski definition) is 0. The van der Waals surface area contributed by atoms with Crippen molar-refractivity contribution < 1.29 is 0 Å². The number of benzene rings is 6. The number of rotatable bonds is 4. The topological polar surface area (TPSA) is 9.86 Å². The molecule has 0 aliphatic heterocycles. The maximum Gasteiger partial charge on any atom is 0.0603 e. The van der Waals surface area contributed by atoms with Crippen molar-refractivity contribution in [3.8, 4) is 16.8 Å². The van der Waals surface area contributed by atoms with Crippen LogP contribution in [0.15, 0.2) is 140 Å². The highest BCUT2D eigenvalue weighted by molar-refractivity contribution is 6.16. The molecule has 8 aromatic rings. The molecular weight excluding hydrogens is 508 g/mol. The molecule has 0 saturated carbocycles. The predicted molar refractivity (Wildman–Crippen MR) is 180 cm³/mol. The van der Waals surface area contributed by atoms with E-state index in [-0.39, 0.29) is 0 Å². The van der Waals surface area contributed by atoms with E-state index in [2.05, 4.69) is 169 Å². The highest BCUT2D eigenvalue weighted by atomic mass is 15.0. The van der Waals surface area contributed by atoms with Gasteiger partial charge in [-0.25, -0.2) is 0 Å². The number of aromatic nitrogens is 2. The van der Waals surface area contributed by atoms with Crippen molar-refractivity contribution in [1.82, 2.24) is 9.13 Å². The Morgan fingerprint density at radius 3 is 2.12 bits per heavy atom. The molecule has 0 atom stereocenters. The maximum absolute atomic E-state index is 2.38. The maximum atomic E-state index is 2.38. The smallest absolute Gasteiger partial charge is 0.0603 e. The van der Waals surface area contributed by atoms with E-state index in [9.17, 15) is 0 Å². The molecule has 0 unspecified atom stereocenters. The van der Waals surface area contributed by atoms with Gasteiger partial charge in [0.05, 0.1) is 16.6 Å². The van der Waals surface area contributed by atoms with Crippen LogP contribution in [0.5, 0.6) is 0 Å². The summed E-state index contributed by atoms with van der Waals surface area (Å²) in [4.78, 5) is 0. The highest BCUT2D eigenvalue weighted by Crippen LogP contribution is 2.40. The zero-order chi connectivity index (χ0) is 28.2. The Labute approximate surface area is 245 Å². The monoisotopic (exact) mass is 538 g/mol. The summed E-state index contributed by atoms with van der Waals surface area (Å²) in [6, 6.07) is 48.3. The minimum absolute atomic E-state index is 1.18. The van der Waals surface area contributed by atoms with Crippen molar-refractivity contribution in [2.75, 3.05) is 0 Å². The first-order valence-electron chi connectivity index (χ1n) is 14.5. The zero-order valence-corrected chi connectivity index (χ0v) is 23.8. The van der Waals surface area contributed by atoms with Crippen molar-refractivity contribution in [2.24, 2.45) is 0 Å². The standard InChI is InChI=1S/C40H30N2/c1-27-12-6-7-13-29(27)24-28(2)41-23-22-31-26-36(33-16-8-9-18-35(33)40(31)41)30-20-21-39-37(25-30)34-17-10-11-19-38(34)42(39)32-14-4-3-5-15-32/h3-26H,1-2H3/b28-24+. The van der Waals surface area contributed by atoms with E-state index in [4.69, 9.17) is 0 Å². The van der Waals surface area contributed by atoms with Crippen molar-refractivity contribution in [3.05, 3.63) is 151 Å². The lowest BCUT2D eigenvalue weighted by Crippen LogP contribution is -1.94. The molecule has 0 amide bonds. The summed E-state index contributed by atoms with van der Waals surface area (Å²) < 4.78 is 4.71. The molecule has 0 bridgehead atoms. The molecule has 0 radical (unpaired) electrons. The third-order valence-electron chi connectivity index (χ3n) is 8.62. The molecular formula is C40H30N2. The lowest BCUT2D eigenvalue weighted by Gasteiger charge is -2.13. The van der Waals surface area contributed by atoms with Crippen LogP contribution in [-0.2, 0) is 0 Å². The molecule has 6 aromatic carbocycles. The van der Waals surface area contributed by atoms with Crippen molar-refractivity contribution in [1.29, 1.82) is 0 Å². The van der Waals surface area contributed by atoms with E-state index in [0.29, 0.717) is 0 Å². The fraction of sp³-hybridized carbons (Fsp3) is 0.0500. The van der Waals surface area contributed by atoms with Gasteiger partial charge in [-0.1, -0.05) is 91.0 Å². The number of aryl methyl sites for hydroxylation is 1. The second-order valence-electron chi connectivity index (χ2n) is 11.2. The number of para-hydroxylation sites is 2. The summed E-state index contributed by atoms with van der Waals surface area (Å²) in [5.41, 5.74) is 11.1. The van der Waals surface area contributed by atoms with Crippen LogP contribution >= 0.6 is 0 Å². The van der Waals surface area contributed by atoms with Crippen LogP contribution in [0.25, 0.3) is 72.1 Å². The minimum atomic E-state index is 1.18. The minimum Gasteiger partial charge on any atom is -0.320 e. The summed E-state index contributed by atoms with van der Waals surface area (Å²) in [5.74, 6) is 0. The van der Waals surface area contributed by atoms with Crippen LogP contribution in [0.2, 0.25) is 0 Å². The van der Waals surface area contributed by atoms with Gasteiger partial charge in [0.15, 0.2) is 0 Å². The van der Waals surface area contributed by atoms with E-state index in [0.717, 1.165) is 0 Å². The van der Waals surface area contributed by atoms with Gasteiger partial charge in [0.1, 0.15) is 0 Å². The molecule has 0 spiro atoms. The van der Waals surface area contributed by atoms with Crippen LogP contribution in [0, 0.1) is 6.92 Å². The lowest BCUT2D eigenvalue weighted by molar-refractivity contribution is 1.16. The summed E-state index contributed by atoms with van der Waals surface area (Å²) in [7, 11) is 0. The number of nitrogens with zero attached hydrogens (tertiary/aromatic N) is 2. The van der Waals surface area contributed by atoms with E-state index >= 15 is 0 Å². The largest absolute Gasteiger partial charge is 0.320 e. The first-order chi connectivity index (χ1) is 20.7. The van der Waals surface area contributed by atoms with Crippen molar-refractivity contribution >= 4 is 55.3 Å². The lowest BCUT2D eigenvalue weighted by atomic mass is 9.95. The summed E-state index contributed by atoms with van der Waals surface area (Å²) in [6.07, 6.45) is 4.50. The van der Waals surface area contributed by atoms with Gasteiger partial charge in [0.25, 0.3) is 0 Å². The third-order valence-corrected chi connectivity index (χ3v) is 8.62. The van der Waals surface area contributed by atoms with Crippen LogP contribution < -0.4 is 0 Å². The summed E-state index contributed by atoms with van der Waals surface area (Å²) in [5, 5.41) is 6.31. The molecule has 0 saturated heterocycles. The Bertz CT molecular complexity index is 2310. The van der Waals surface area contributed by atoms with Crippen LogP contribution in [0.4, 0.5) is 0 Å². The summed E-state index contributed by atoms with van der Waals surface area (Å²) in [6.45, 7) is 4.37. The van der Waals surface area contributed by atoms with E-state index < -0.39 is 0 Å². The molecule has 42 heavy (non-hydrogen) atoms. The molecule has 2 nitrogen and oxygen atoms in total. The first-order valence-corrected chi connectivity index (χ1v) is 14.5. The third kappa shape index (κ3) is 3.80. The van der Waals surface area contributed by atoms with Gasteiger partial charge in [-0.05, 0) is 90.0 Å². The second kappa shape index (κ2) is 9.64. The number of fused-ring (bicyclic) bond motifs is 6. The molecule has 0 aliphatic carbocycles. The van der Waals surface area contributed by atoms with Crippen molar-refractivity contribution in [2.45, 2.75) is 13.8 Å². The Kier molecular flexibility index (Phi) is 5.61. The highest BCUT2D eigenvalue weighted by Gasteiger charge is 2.16. The molecule has 8 rings (SSSR count). The molecule has 2 aromatic heterocycles. The van der Waals surface area contributed by atoms with E-state index in [1.54, 1.807) is 0 Å². The number of allylic oxidation sites excluding steroid dienone is 1. The molecule has 0 fully saturated rings. The fourth-order valence-corrected chi connectivity index (χ4v) is 6.58. The molecule has 0 aliphatic rings. The van der Waals surface area contributed by atoms with Crippen LogP contribution in [0.1, 0.15) is 18.1 Å². The number of hydrogen-bond acceptors (Lipinski definition) is 0. The van der Waals surface area contributed by atoms with E-state index in [1.165, 1.54) is 77.1 Å². The van der Waals surface area contributed by atoms with Gasteiger partial charge >= 0.3 is 0 Å². The van der Waals surface area contributed by atoms with Crippen molar-refractivity contribution in [3.63, 3.8) is 0 Å². The molecule has 200 valence electrons. The van der Waals surface area contributed by atoms with Gasteiger partial charge in [-0.3, -0.25) is 0 Å². The summed E-state index contributed by atoms with van der Waals surface area (Å²) >= 11 is 0. The van der Waals surface area contributed by atoms with Gasteiger partial charge in [-0.2, -0.15) is 0 Å². The second-order valence-corrected chi connectivity index (χ2v) is 11.2. The van der Waals surface area contributed by atoms with Gasteiger partial charge in [-0.15, -0.1) is 0 Å². The normalized spacial score (nSPS) is 12.2. The molecule has 2 heteroatoms. The zero-order valence-electron chi connectivity index (χ0n) is 23.8. The molecule has 0 N–H and O–H groups in total. The fourth-order valence-electron chi connectivity index (χ4n) is 6.58. The average molecular weight is 539 g/mol. The van der Waals surface area contributed by atoms with Gasteiger partial charge in [0, 0.05) is 39.1 Å². The Hall–Kier alpha value is -5.34. The Morgan fingerprint density at radius 2 is 1.29 bits per heavy atom. The SMILES string of the molecule is C/C(=C\c1ccccc1C)n1ccc2cc(-c3ccc4c(c3)c3ccccc3n4-c3ccccc3)c3ccccc3c21. The van der Waals surface area contributed by atoms with Gasteiger partial charge < -0.3 is 9.13 Å². The molecule has 2 heterocycles.